The molecular weight excluding hydrogens is 244 g/mol. The third kappa shape index (κ3) is 2.35. The molecule has 3 aromatic rings. The summed E-state index contributed by atoms with van der Waals surface area (Å²) < 4.78 is 11.8. The summed E-state index contributed by atoms with van der Waals surface area (Å²) in [6.07, 6.45) is 4.61. The van der Waals surface area contributed by atoms with Crippen molar-refractivity contribution in [2.75, 3.05) is 6.61 Å². The second-order valence-corrected chi connectivity index (χ2v) is 4.07. The van der Waals surface area contributed by atoms with Crippen LogP contribution in [0.3, 0.4) is 0 Å². The van der Waals surface area contributed by atoms with Crippen molar-refractivity contribution in [1.29, 1.82) is 0 Å². The van der Waals surface area contributed by atoms with E-state index in [-0.39, 0.29) is 12.6 Å². The van der Waals surface area contributed by atoms with E-state index in [0.29, 0.717) is 12.1 Å². The summed E-state index contributed by atoms with van der Waals surface area (Å²) >= 11 is 0. The third-order valence-corrected chi connectivity index (χ3v) is 2.84. The van der Waals surface area contributed by atoms with Gasteiger partial charge in [0.1, 0.15) is 12.9 Å². The van der Waals surface area contributed by atoms with Crippen LogP contribution >= 0.6 is 0 Å². The lowest BCUT2D eigenvalue weighted by Crippen LogP contribution is -2.11. The average Bonchev–Trinajstić information content (AvgIpc) is 3.08. The molecule has 0 atom stereocenters. The van der Waals surface area contributed by atoms with Gasteiger partial charge in [-0.25, -0.2) is 4.79 Å². The molecule has 0 radical (unpaired) electrons. The summed E-state index contributed by atoms with van der Waals surface area (Å²) in [5, 5.41) is 5.33. The zero-order chi connectivity index (χ0) is 13.1. The minimum absolute atomic E-state index is 0.273. The van der Waals surface area contributed by atoms with Crippen molar-refractivity contribution in [3.8, 4) is 0 Å². The minimum atomic E-state index is -0.384. The lowest BCUT2D eigenvalue weighted by Gasteiger charge is -2.04. The second kappa shape index (κ2) is 4.97. The lowest BCUT2D eigenvalue weighted by atomic mass is 10.3. The Balaban J connectivity index is 1.62. The standard InChI is InChI=1S/C14H12N2O3/c17-14(12-5-7-18-10-12)19-8-6-16-13-4-2-1-3-11(13)9-15-16/h1-5,7,9-10H,6,8H2. The maximum absolute atomic E-state index is 11.6. The Labute approximate surface area is 109 Å². The number of hydrogen-bond donors (Lipinski definition) is 0. The molecule has 19 heavy (non-hydrogen) atoms. The van der Waals surface area contributed by atoms with Gasteiger partial charge in [-0.3, -0.25) is 4.68 Å². The number of aromatic nitrogens is 2. The van der Waals surface area contributed by atoms with Crippen molar-refractivity contribution < 1.29 is 13.9 Å². The molecule has 0 amide bonds. The van der Waals surface area contributed by atoms with Gasteiger partial charge in [-0.15, -0.1) is 0 Å². The molecule has 0 bridgehead atoms. The van der Waals surface area contributed by atoms with Gasteiger partial charge in [0.25, 0.3) is 0 Å². The van der Waals surface area contributed by atoms with Gasteiger partial charge in [-0.1, -0.05) is 18.2 Å². The van der Waals surface area contributed by atoms with Gasteiger partial charge in [-0.2, -0.15) is 5.10 Å². The van der Waals surface area contributed by atoms with Crippen LogP contribution in [0.5, 0.6) is 0 Å². The first kappa shape index (κ1) is 11.5. The molecule has 2 aromatic heterocycles. The van der Waals surface area contributed by atoms with Crippen molar-refractivity contribution in [1.82, 2.24) is 9.78 Å². The van der Waals surface area contributed by atoms with Gasteiger partial charge < -0.3 is 9.15 Å². The number of rotatable bonds is 4. The first-order valence-electron chi connectivity index (χ1n) is 5.94. The Kier molecular flexibility index (Phi) is 3.02. The number of fused-ring (bicyclic) bond motifs is 1. The zero-order valence-corrected chi connectivity index (χ0v) is 10.2. The molecular formula is C14H12N2O3. The van der Waals surface area contributed by atoms with E-state index in [2.05, 4.69) is 5.10 Å². The van der Waals surface area contributed by atoms with Crippen LogP contribution in [0.1, 0.15) is 10.4 Å². The molecule has 0 saturated carbocycles. The molecule has 0 saturated heterocycles. The molecule has 5 nitrogen and oxygen atoms in total. The van der Waals surface area contributed by atoms with Crippen LogP contribution in [0.2, 0.25) is 0 Å². The zero-order valence-electron chi connectivity index (χ0n) is 10.2. The topological polar surface area (TPSA) is 57.3 Å². The van der Waals surface area contributed by atoms with Crippen LogP contribution in [-0.4, -0.2) is 22.4 Å². The van der Waals surface area contributed by atoms with Crippen molar-refractivity contribution in [3.05, 3.63) is 54.6 Å². The van der Waals surface area contributed by atoms with Crippen LogP contribution in [0.25, 0.3) is 10.9 Å². The van der Waals surface area contributed by atoms with E-state index in [1.807, 2.05) is 28.9 Å². The highest BCUT2D eigenvalue weighted by atomic mass is 16.5. The summed E-state index contributed by atoms with van der Waals surface area (Å²) in [6, 6.07) is 9.48. The number of para-hydroxylation sites is 1. The van der Waals surface area contributed by atoms with Gasteiger partial charge >= 0.3 is 5.97 Å². The molecule has 0 fully saturated rings. The van der Waals surface area contributed by atoms with E-state index in [1.165, 1.54) is 12.5 Å². The van der Waals surface area contributed by atoms with Gasteiger partial charge in [0.05, 0.1) is 30.1 Å². The number of carbonyl (C=O) groups is 1. The molecule has 0 N–H and O–H groups in total. The predicted molar refractivity (Wildman–Crippen MR) is 68.7 cm³/mol. The molecule has 0 spiro atoms. The number of hydrogen-bond acceptors (Lipinski definition) is 4. The molecule has 0 unspecified atom stereocenters. The number of carbonyl (C=O) groups excluding carboxylic acids is 1. The Morgan fingerprint density at radius 2 is 2.21 bits per heavy atom. The van der Waals surface area contributed by atoms with Crippen LogP contribution in [0, 0.1) is 0 Å². The summed E-state index contributed by atoms with van der Waals surface area (Å²) in [5.74, 6) is -0.384. The minimum Gasteiger partial charge on any atom is -0.472 e. The first-order valence-corrected chi connectivity index (χ1v) is 5.94. The van der Waals surface area contributed by atoms with Gasteiger partial charge in [-0.05, 0) is 12.1 Å². The summed E-state index contributed by atoms with van der Waals surface area (Å²) in [7, 11) is 0. The fourth-order valence-electron chi connectivity index (χ4n) is 1.89. The van der Waals surface area contributed by atoms with E-state index in [1.54, 1.807) is 12.3 Å². The number of esters is 1. The van der Waals surface area contributed by atoms with E-state index in [0.717, 1.165) is 10.9 Å². The maximum Gasteiger partial charge on any atom is 0.341 e. The van der Waals surface area contributed by atoms with Crippen molar-refractivity contribution in [2.24, 2.45) is 0 Å². The Morgan fingerprint density at radius 1 is 1.32 bits per heavy atom. The lowest BCUT2D eigenvalue weighted by molar-refractivity contribution is 0.0488. The molecule has 1 aromatic carbocycles. The molecule has 96 valence electrons. The molecule has 0 aliphatic heterocycles. The van der Waals surface area contributed by atoms with Crippen molar-refractivity contribution in [3.63, 3.8) is 0 Å². The summed E-state index contributed by atoms with van der Waals surface area (Å²) in [6.45, 7) is 0.798. The van der Waals surface area contributed by atoms with E-state index in [9.17, 15) is 4.79 Å². The molecule has 2 heterocycles. The van der Waals surface area contributed by atoms with E-state index >= 15 is 0 Å². The fourth-order valence-corrected chi connectivity index (χ4v) is 1.89. The highest BCUT2D eigenvalue weighted by molar-refractivity contribution is 5.88. The molecule has 3 rings (SSSR count). The predicted octanol–water partition coefficient (Wildman–Crippen LogP) is 2.49. The Hall–Kier alpha value is -2.56. The van der Waals surface area contributed by atoms with Crippen molar-refractivity contribution >= 4 is 16.9 Å². The van der Waals surface area contributed by atoms with Crippen LogP contribution < -0.4 is 0 Å². The highest BCUT2D eigenvalue weighted by Crippen LogP contribution is 2.12. The van der Waals surface area contributed by atoms with Crippen LogP contribution in [-0.2, 0) is 11.3 Å². The monoisotopic (exact) mass is 256 g/mol. The van der Waals surface area contributed by atoms with Gasteiger partial charge in [0.15, 0.2) is 0 Å². The number of benzene rings is 1. The van der Waals surface area contributed by atoms with Gasteiger partial charge in [0, 0.05) is 5.39 Å². The average molecular weight is 256 g/mol. The number of nitrogens with zero attached hydrogens (tertiary/aromatic N) is 2. The maximum atomic E-state index is 11.6. The second-order valence-electron chi connectivity index (χ2n) is 4.07. The van der Waals surface area contributed by atoms with Crippen LogP contribution in [0.4, 0.5) is 0 Å². The normalized spacial score (nSPS) is 10.7. The Morgan fingerprint density at radius 3 is 3.05 bits per heavy atom. The smallest absolute Gasteiger partial charge is 0.341 e. The molecule has 0 aliphatic carbocycles. The Bertz CT molecular complexity index is 686. The summed E-state index contributed by atoms with van der Waals surface area (Å²) in [5.41, 5.74) is 1.45. The first-order chi connectivity index (χ1) is 9.34. The van der Waals surface area contributed by atoms with Gasteiger partial charge in [0.2, 0.25) is 0 Å². The van der Waals surface area contributed by atoms with E-state index in [4.69, 9.17) is 9.15 Å². The highest BCUT2D eigenvalue weighted by Gasteiger charge is 2.08. The van der Waals surface area contributed by atoms with Crippen LogP contribution in [0.15, 0.2) is 53.5 Å². The largest absolute Gasteiger partial charge is 0.472 e. The SMILES string of the molecule is O=C(OCCn1ncc2ccccc21)c1ccoc1. The molecule has 5 heteroatoms. The number of ether oxygens (including phenoxy) is 1. The molecule has 0 aliphatic rings. The van der Waals surface area contributed by atoms with Crippen molar-refractivity contribution in [2.45, 2.75) is 6.54 Å². The summed E-state index contributed by atoms with van der Waals surface area (Å²) in [4.78, 5) is 11.6. The third-order valence-electron chi connectivity index (χ3n) is 2.84. The number of furan rings is 1. The quantitative estimate of drug-likeness (QED) is 0.673. The fraction of sp³-hybridized carbons (Fsp3) is 0.143. The van der Waals surface area contributed by atoms with E-state index < -0.39 is 0 Å².